The molecule has 3 aliphatic rings. The number of likely N-dealkylation sites (tertiary alicyclic amines) is 1. The number of ether oxygens (including phenoxy) is 1. The van der Waals surface area contributed by atoms with Gasteiger partial charge in [0.2, 0.25) is 11.8 Å². The number of fused-ring (bicyclic) bond motifs is 1. The highest BCUT2D eigenvalue weighted by molar-refractivity contribution is 6.05. The molecule has 2 aromatic carbocycles. The minimum absolute atomic E-state index is 0.0709. The Morgan fingerprint density at radius 3 is 2.60 bits per heavy atom. The number of nitrogens with zero attached hydrogens (tertiary/aromatic N) is 2. The molecule has 1 N–H and O–H groups in total. The van der Waals surface area contributed by atoms with E-state index in [9.17, 15) is 27.6 Å². The molecular formula is C25H24F3N3O4. The van der Waals surface area contributed by atoms with Gasteiger partial charge in [-0.15, -0.1) is 0 Å². The molecule has 0 aromatic heterocycles. The summed E-state index contributed by atoms with van der Waals surface area (Å²) in [6.45, 7) is 2.66. The van der Waals surface area contributed by atoms with Gasteiger partial charge in [0.15, 0.2) is 0 Å². The Hall–Kier alpha value is -3.40. The van der Waals surface area contributed by atoms with E-state index in [2.05, 4.69) is 10.2 Å². The molecule has 0 saturated carbocycles. The van der Waals surface area contributed by atoms with Crippen LogP contribution in [0.4, 0.5) is 13.2 Å². The third-order valence-electron chi connectivity index (χ3n) is 6.81. The first kappa shape index (κ1) is 23.3. The van der Waals surface area contributed by atoms with Gasteiger partial charge >= 0.3 is 6.18 Å². The number of benzene rings is 2. The predicted octanol–water partition coefficient (Wildman–Crippen LogP) is 2.94. The highest BCUT2D eigenvalue weighted by atomic mass is 19.4. The maximum Gasteiger partial charge on any atom is 0.416 e. The van der Waals surface area contributed by atoms with Crippen LogP contribution in [0.2, 0.25) is 0 Å². The average Bonchev–Trinajstić information content (AvgIpc) is 3.10. The standard InChI is InChI=1S/C25H24F3N3O4/c26-25(27,28)18-3-1-2-15(10-18)17-12-30(13-17)8-9-35-19-4-5-20-16(11-19)14-31(24(20)34)21-6-7-22(32)29-23(21)33/h1-5,10-11,17,21H,6-9,12-14H2,(H,29,32,33). The van der Waals surface area contributed by atoms with Gasteiger partial charge in [-0.25, -0.2) is 0 Å². The van der Waals surface area contributed by atoms with Crippen LogP contribution >= 0.6 is 0 Å². The summed E-state index contributed by atoms with van der Waals surface area (Å²) in [5.41, 5.74) is 1.36. The molecule has 0 aliphatic carbocycles. The molecule has 184 valence electrons. The molecule has 7 nitrogen and oxygen atoms in total. The fraction of sp³-hybridized carbons (Fsp3) is 0.400. The van der Waals surface area contributed by atoms with Crippen LogP contribution in [0, 0.1) is 0 Å². The van der Waals surface area contributed by atoms with Crippen molar-refractivity contribution >= 4 is 17.7 Å². The number of rotatable bonds is 6. The number of amides is 3. The van der Waals surface area contributed by atoms with Crippen molar-refractivity contribution in [2.45, 2.75) is 37.5 Å². The van der Waals surface area contributed by atoms with Crippen LogP contribution < -0.4 is 10.1 Å². The zero-order valence-electron chi connectivity index (χ0n) is 18.8. The Morgan fingerprint density at radius 2 is 1.86 bits per heavy atom. The summed E-state index contributed by atoms with van der Waals surface area (Å²) < 4.78 is 44.6. The number of nitrogens with one attached hydrogen (secondary N) is 1. The largest absolute Gasteiger partial charge is 0.492 e. The number of hydrogen-bond acceptors (Lipinski definition) is 5. The molecule has 0 bridgehead atoms. The van der Waals surface area contributed by atoms with Crippen LogP contribution in [0.25, 0.3) is 0 Å². The molecule has 3 amide bonds. The van der Waals surface area contributed by atoms with Crippen molar-refractivity contribution in [3.8, 4) is 5.75 Å². The van der Waals surface area contributed by atoms with Crippen LogP contribution in [-0.2, 0) is 22.3 Å². The minimum Gasteiger partial charge on any atom is -0.492 e. The summed E-state index contributed by atoms with van der Waals surface area (Å²) in [7, 11) is 0. The molecule has 2 saturated heterocycles. The maximum atomic E-state index is 12.9. The van der Waals surface area contributed by atoms with E-state index in [-0.39, 0.29) is 30.7 Å². The summed E-state index contributed by atoms with van der Waals surface area (Å²) in [6, 6.07) is 10.0. The fourth-order valence-electron chi connectivity index (χ4n) is 4.87. The summed E-state index contributed by atoms with van der Waals surface area (Å²) in [4.78, 5) is 39.9. The van der Waals surface area contributed by atoms with Gasteiger partial charge < -0.3 is 9.64 Å². The molecule has 5 rings (SSSR count). The number of carbonyl (C=O) groups is 3. The van der Waals surface area contributed by atoms with Crippen molar-refractivity contribution in [3.05, 3.63) is 64.7 Å². The SMILES string of the molecule is O=C1CCC(N2Cc3cc(OCCN4CC(c5cccc(C(F)(F)F)c5)C4)ccc3C2=O)C(=O)N1. The molecule has 3 aliphatic heterocycles. The first-order valence-corrected chi connectivity index (χ1v) is 11.5. The van der Waals surface area contributed by atoms with Gasteiger partial charge in [0, 0.05) is 44.1 Å². The zero-order chi connectivity index (χ0) is 24.7. The summed E-state index contributed by atoms with van der Waals surface area (Å²) in [6.07, 6.45) is -3.83. The lowest BCUT2D eigenvalue weighted by Gasteiger charge is -2.39. The van der Waals surface area contributed by atoms with Gasteiger partial charge in [-0.3, -0.25) is 24.6 Å². The molecule has 1 unspecified atom stereocenters. The third-order valence-corrected chi connectivity index (χ3v) is 6.81. The van der Waals surface area contributed by atoms with Gasteiger partial charge in [0.05, 0.1) is 5.56 Å². The zero-order valence-corrected chi connectivity index (χ0v) is 18.8. The van der Waals surface area contributed by atoms with Gasteiger partial charge in [-0.05, 0) is 41.8 Å². The van der Waals surface area contributed by atoms with E-state index in [1.807, 2.05) is 0 Å². The van der Waals surface area contributed by atoms with E-state index >= 15 is 0 Å². The highest BCUT2D eigenvalue weighted by Crippen LogP contribution is 2.34. The molecule has 0 spiro atoms. The Morgan fingerprint density at radius 1 is 1.06 bits per heavy atom. The first-order valence-electron chi connectivity index (χ1n) is 11.5. The van der Waals surface area contributed by atoms with Gasteiger partial charge in [0.1, 0.15) is 18.4 Å². The predicted molar refractivity (Wildman–Crippen MR) is 119 cm³/mol. The topological polar surface area (TPSA) is 79.0 Å². The third kappa shape index (κ3) is 4.75. The molecule has 10 heteroatoms. The second-order valence-electron chi connectivity index (χ2n) is 9.15. The number of halogens is 3. The lowest BCUT2D eigenvalue weighted by molar-refractivity contribution is -0.138. The van der Waals surface area contributed by atoms with Crippen molar-refractivity contribution in [2.24, 2.45) is 0 Å². The summed E-state index contributed by atoms with van der Waals surface area (Å²) in [5, 5.41) is 2.29. The van der Waals surface area contributed by atoms with Crippen molar-refractivity contribution in [2.75, 3.05) is 26.2 Å². The average molecular weight is 487 g/mol. The van der Waals surface area contributed by atoms with Crippen LogP contribution in [0.1, 0.15) is 45.8 Å². The smallest absolute Gasteiger partial charge is 0.416 e. The Kier molecular flexibility index (Phi) is 6.00. The molecule has 2 fully saturated rings. The monoisotopic (exact) mass is 487 g/mol. The molecule has 2 aromatic rings. The van der Waals surface area contributed by atoms with E-state index in [1.54, 1.807) is 24.3 Å². The van der Waals surface area contributed by atoms with Crippen molar-refractivity contribution in [1.82, 2.24) is 15.1 Å². The van der Waals surface area contributed by atoms with Crippen LogP contribution in [0.15, 0.2) is 42.5 Å². The summed E-state index contributed by atoms with van der Waals surface area (Å²) >= 11 is 0. The lowest BCUT2D eigenvalue weighted by Crippen LogP contribution is -2.52. The van der Waals surface area contributed by atoms with Crippen molar-refractivity contribution < 1.29 is 32.3 Å². The summed E-state index contributed by atoms with van der Waals surface area (Å²) in [5.74, 6) is -0.327. The fourth-order valence-corrected chi connectivity index (χ4v) is 4.87. The minimum atomic E-state index is -4.34. The first-order chi connectivity index (χ1) is 16.7. The van der Waals surface area contributed by atoms with E-state index < -0.39 is 23.7 Å². The van der Waals surface area contributed by atoms with Gasteiger partial charge in [-0.2, -0.15) is 13.2 Å². The van der Waals surface area contributed by atoms with Crippen molar-refractivity contribution in [1.29, 1.82) is 0 Å². The maximum absolute atomic E-state index is 12.9. The van der Waals surface area contributed by atoms with E-state index in [4.69, 9.17) is 4.74 Å². The normalized spacial score (nSPS) is 21.1. The van der Waals surface area contributed by atoms with Gasteiger partial charge in [-0.1, -0.05) is 18.2 Å². The highest BCUT2D eigenvalue weighted by Gasteiger charge is 2.39. The lowest BCUT2D eigenvalue weighted by atomic mass is 9.90. The molecule has 3 heterocycles. The number of piperidine rings is 1. The Bertz CT molecular complexity index is 1180. The van der Waals surface area contributed by atoms with Crippen LogP contribution in [-0.4, -0.2) is 59.8 Å². The van der Waals surface area contributed by atoms with Crippen molar-refractivity contribution in [3.63, 3.8) is 0 Å². The molecule has 35 heavy (non-hydrogen) atoms. The van der Waals surface area contributed by atoms with E-state index in [0.717, 1.165) is 11.6 Å². The second-order valence-corrected chi connectivity index (χ2v) is 9.15. The molecule has 0 radical (unpaired) electrons. The molecular weight excluding hydrogens is 463 g/mol. The van der Waals surface area contributed by atoms with E-state index in [0.29, 0.717) is 49.5 Å². The number of alkyl halides is 3. The Labute approximate surface area is 199 Å². The van der Waals surface area contributed by atoms with E-state index in [1.165, 1.54) is 17.0 Å². The Balaban J connectivity index is 1.11. The number of carbonyl (C=O) groups excluding carboxylic acids is 3. The van der Waals surface area contributed by atoms with Crippen LogP contribution in [0.3, 0.4) is 0 Å². The van der Waals surface area contributed by atoms with Gasteiger partial charge in [0.25, 0.3) is 5.91 Å². The second kappa shape index (κ2) is 8.99. The quantitative estimate of drug-likeness (QED) is 0.634. The molecule has 1 atom stereocenters. The number of hydrogen-bond donors (Lipinski definition) is 1. The number of imide groups is 1. The van der Waals surface area contributed by atoms with Crippen LogP contribution in [0.5, 0.6) is 5.75 Å².